The lowest BCUT2D eigenvalue weighted by Gasteiger charge is -1.96. The number of rotatable bonds is 1. The summed E-state index contributed by atoms with van der Waals surface area (Å²) in [6.45, 7) is 0. The second-order valence-corrected chi connectivity index (χ2v) is 3.41. The van der Waals surface area contributed by atoms with Crippen molar-refractivity contribution in [1.29, 1.82) is 0 Å². The quantitative estimate of drug-likeness (QED) is 0.816. The Balaban J connectivity index is 2.52. The molecule has 2 rings (SSSR count). The third-order valence-electron chi connectivity index (χ3n) is 1.67. The number of aromatic nitrogens is 2. The predicted molar refractivity (Wildman–Crippen MR) is 51.7 cm³/mol. The van der Waals surface area contributed by atoms with Crippen LogP contribution in [0.5, 0.6) is 0 Å². The summed E-state index contributed by atoms with van der Waals surface area (Å²) in [4.78, 5) is 6.90. The van der Waals surface area contributed by atoms with Crippen LogP contribution in [0.25, 0.3) is 11.4 Å². The summed E-state index contributed by atoms with van der Waals surface area (Å²) in [6.07, 6.45) is 1.60. The SMILES string of the molecule is Fc1ccccc1-c1ncc(Br)[nH]1. The minimum absolute atomic E-state index is 0.274. The Morgan fingerprint density at radius 3 is 2.69 bits per heavy atom. The summed E-state index contributed by atoms with van der Waals surface area (Å²) in [5, 5.41) is 0. The van der Waals surface area contributed by atoms with Gasteiger partial charge in [0.25, 0.3) is 0 Å². The average Bonchev–Trinajstić information content (AvgIpc) is 2.53. The highest BCUT2D eigenvalue weighted by molar-refractivity contribution is 9.10. The largest absolute Gasteiger partial charge is 0.333 e. The molecular weight excluding hydrogens is 235 g/mol. The van der Waals surface area contributed by atoms with Crippen molar-refractivity contribution >= 4 is 15.9 Å². The Kier molecular flexibility index (Phi) is 2.14. The molecule has 13 heavy (non-hydrogen) atoms. The summed E-state index contributed by atoms with van der Waals surface area (Å²) in [6, 6.07) is 6.51. The van der Waals surface area contributed by atoms with Crippen LogP contribution in [0.2, 0.25) is 0 Å². The van der Waals surface area contributed by atoms with Gasteiger partial charge in [-0.3, -0.25) is 0 Å². The molecule has 66 valence electrons. The highest BCUT2D eigenvalue weighted by Crippen LogP contribution is 2.20. The van der Waals surface area contributed by atoms with Gasteiger partial charge in [-0.2, -0.15) is 0 Å². The fraction of sp³-hybridized carbons (Fsp3) is 0. The standard InChI is InChI=1S/C9H6BrFN2/c10-8-5-12-9(13-8)6-3-1-2-4-7(6)11/h1-5H,(H,12,13). The van der Waals surface area contributed by atoms with Crippen LogP contribution in [-0.2, 0) is 0 Å². The van der Waals surface area contributed by atoms with Gasteiger partial charge in [-0.1, -0.05) is 12.1 Å². The predicted octanol–water partition coefficient (Wildman–Crippen LogP) is 2.98. The number of nitrogens with zero attached hydrogens (tertiary/aromatic N) is 1. The van der Waals surface area contributed by atoms with Gasteiger partial charge in [0.1, 0.15) is 16.2 Å². The zero-order valence-electron chi connectivity index (χ0n) is 6.59. The van der Waals surface area contributed by atoms with Crippen molar-refractivity contribution in [3.63, 3.8) is 0 Å². The molecule has 0 atom stereocenters. The van der Waals surface area contributed by atoms with Crippen LogP contribution in [0, 0.1) is 5.82 Å². The molecule has 0 fully saturated rings. The van der Waals surface area contributed by atoms with Crippen molar-refractivity contribution in [2.75, 3.05) is 0 Å². The van der Waals surface area contributed by atoms with Crippen molar-refractivity contribution < 1.29 is 4.39 Å². The first kappa shape index (κ1) is 8.44. The van der Waals surface area contributed by atoms with Gasteiger partial charge in [0.05, 0.1) is 11.8 Å². The first-order chi connectivity index (χ1) is 6.27. The Hall–Kier alpha value is -1.16. The summed E-state index contributed by atoms with van der Waals surface area (Å²) in [5.41, 5.74) is 0.480. The molecule has 0 aliphatic heterocycles. The fourth-order valence-corrected chi connectivity index (χ4v) is 1.38. The van der Waals surface area contributed by atoms with E-state index in [-0.39, 0.29) is 5.82 Å². The summed E-state index contributed by atoms with van der Waals surface area (Å²) in [7, 11) is 0. The minimum Gasteiger partial charge on any atom is -0.333 e. The van der Waals surface area contributed by atoms with E-state index in [9.17, 15) is 4.39 Å². The van der Waals surface area contributed by atoms with Crippen molar-refractivity contribution in [1.82, 2.24) is 9.97 Å². The van der Waals surface area contributed by atoms with Gasteiger partial charge >= 0.3 is 0 Å². The van der Waals surface area contributed by atoms with Crippen LogP contribution in [0.3, 0.4) is 0 Å². The van der Waals surface area contributed by atoms with Crippen molar-refractivity contribution in [2.24, 2.45) is 0 Å². The molecule has 1 heterocycles. The van der Waals surface area contributed by atoms with E-state index in [0.29, 0.717) is 11.4 Å². The topological polar surface area (TPSA) is 28.7 Å². The highest BCUT2D eigenvalue weighted by atomic mass is 79.9. The summed E-state index contributed by atoms with van der Waals surface area (Å²) >= 11 is 3.21. The van der Waals surface area contributed by atoms with E-state index in [4.69, 9.17) is 0 Å². The van der Waals surface area contributed by atoms with Crippen molar-refractivity contribution in [3.8, 4) is 11.4 Å². The molecule has 0 spiro atoms. The van der Waals surface area contributed by atoms with Gasteiger partial charge in [-0.25, -0.2) is 9.37 Å². The van der Waals surface area contributed by atoms with Gasteiger partial charge in [0.15, 0.2) is 0 Å². The molecule has 0 saturated heterocycles. The van der Waals surface area contributed by atoms with E-state index in [0.717, 1.165) is 4.60 Å². The van der Waals surface area contributed by atoms with Gasteiger partial charge in [0, 0.05) is 0 Å². The van der Waals surface area contributed by atoms with Gasteiger partial charge < -0.3 is 4.98 Å². The summed E-state index contributed by atoms with van der Waals surface area (Å²) in [5.74, 6) is 0.259. The van der Waals surface area contributed by atoms with Gasteiger partial charge in [0.2, 0.25) is 0 Å². The van der Waals surface area contributed by atoms with Gasteiger partial charge in [-0.15, -0.1) is 0 Å². The third-order valence-corrected chi connectivity index (χ3v) is 2.08. The molecule has 0 aliphatic rings. The maximum absolute atomic E-state index is 13.2. The number of nitrogens with one attached hydrogen (secondary N) is 1. The number of halogens is 2. The normalized spacial score (nSPS) is 10.3. The Labute approximate surface area is 83.0 Å². The van der Waals surface area contributed by atoms with Crippen LogP contribution >= 0.6 is 15.9 Å². The molecule has 0 radical (unpaired) electrons. The number of benzene rings is 1. The Morgan fingerprint density at radius 1 is 1.31 bits per heavy atom. The first-order valence-corrected chi connectivity index (χ1v) is 4.52. The third kappa shape index (κ3) is 1.62. The Morgan fingerprint density at radius 2 is 2.08 bits per heavy atom. The van der Waals surface area contributed by atoms with E-state index < -0.39 is 0 Å². The molecule has 4 heteroatoms. The molecule has 1 N–H and O–H groups in total. The van der Waals surface area contributed by atoms with Crippen LogP contribution in [-0.4, -0.2) is 9.97 Å². The minimum atomic E-state index is -0.274. The molecule has 1 aromatic carbocycles. The molecule has 1 aromatic heterocycles. The van der Waals surface area contributed by atoms with Crippen LogP contribution in [0.1, 0.15) is 0 Å². The second kappa shape index (κ2) is 3.30. The number of H-pyrrole nitrogens is 1. The molecule has 0 amide bonds. The molecule has 0 aliphatic carbocycles. The smallest absolute Gasteiger partial charge is 0.141 e. The van der Waals surface area contributed by atoms with Gasteiger partial charge in [-0.05, 0) is 28.1 Å². The molecule has 2 nitrogen and oxygen atoms in total. The second-order valence-electron chi connectivity index (χ2n) is 2.56. The molecule has 2 aromatic rings. The van der Waals surface area contributed by atoms with Crippen LogP contribution in [0.15, 0.2) is 35.1 Å². The van der Waals surface area contributed by atoms with Crippen LogP contribution < -0.4 is 0 Å². The van der Waals surface area contributed by atoms with E-state index in [1.807, 2.05) is 0 Å². The number of aromatic amines is 1. The van der Waals surface area contributed by atoms with Crippen molar-refractivity contribution in [2.45, 2.75) is 0 Å². The zero-order valence-corrected chi connectivity index (χ0v) is 8.18. The van der Waals surface area contributed by atoms with E-state index in [1.165, 1.54) is 6.07 Å². The molecule has 0 bridgehead atoms. The maximum atomic E-state index is 13.2. The summed E-state index contributed by atoms with van der Waals surface area (Å²) < 4.78 is 14.0. The Bertz CT molecular complexity index is 425. The van der Waals surface area contributed by atoms with E-state index in [2.05, 4.69) is 25.9 Å². The highest BCUT2D eigenvalue weighted by Gasteiger charge is 2.06. The number of hydrogen-bond acceptors (Lipinski definition) is 1. The number of imidazole rings is 1. The number of hydrogen-bond donors (Lipinski definition) is 1. The molecule has 0 saturated carbocycles. The van der Waals surface area contributed by atoms with E-state index in [1.54, 1.807) is 24.4 Å². The molecular formula is C9H6BrFN2. The van der Waals surface area contributed by atoms with E-state index >= 15 is 0 Å². The van der Waals surface area contributed by atoms with Crippen molar-refractivity contribution in [3.05, 3.63) is 40.9 Å². The zero-order chi connectivity index (χ0) is 9.26. The molecule has 0 unspecified atom stereocenters. The first-order valence-electron chi connectivity index (χ1n) is 3.73. The maximum Gasteiger partial charge on any atom is 0.141 e. The fourth-order valence-electron chi connectivity index (χ4n) is 1.09. The lowest BCUT2D eigenvalue weighted by Crippen LogP contribution is -1.84. The monoisotopic (exact) mass is 240 g/mol. The lowest BCUT2D eigenvalue weighted by atomic mass is 10.2. The lowest BCUT2D eigenvalue weighted by molar-refractivity contribution is 0.630. The van der Waals surface area contributed by atoms with Crippen LogP contribution in [0.4, 0.5) is 4.39 Å². The average molecular weight is 241 g/mol.